The van der Waals surface area contributed by atoms with Crippen LogP contribution in [0.4, 0.5) is 0 Å². The van der Waals surface area contributed by atoms with E-state index in [9.17, 15) is 9.90 Å². The van der Waals surface area contributed by atoms with Gasteiger partial charge in [-0.15, -0.1) is 0 Å². The minimum atomic E-state index is -0.238. The lowest BCUT2D eigenvalue weighted by atomic mass is 9.77. The maximum atomic E-state index is 12.9. The number of hydrogen-bond acceptors (Lipinski definition) is 2. The van der Waals surface area contributed by atoms with E-state index in [0.717, 1.165) is 11.1 Å². The molecule has 0 aromatic heterocycles. The average molecular weight is 310 g/mol. The molecule has 0 spiro atoms. The maximum Gasteiger partial charge on any atom is 0.197 e. The summed E-state index contributed by atoms with van der Waals surface area (Å²) >= 11 is 0. The van der Waals surface area contributed by atoms with Crippen molar-refractivity contribution in [1.82, 2.24) is 0 Å². The van der Waals surface area contributed by atoms with Crippen LogP contribution in [0.15, 0.2) is 42.5 Å². The second-order valence-electron chi connectivity index (χ2n) is 8.11. The maximum absolute atomic E-state index is 12.9. The Hall–Kier alpha value is -2.09. The van der Waals surface area contributed by atoms with Crippen molar-refractivity contribution in [3.05, 3.63) is 64.7 Å². The molecular weight excluding hydrogens is 284 g/mol. The predicted octanol–water partition coefficient (Wildman–Crippen LogP) is 5.22. The van der Waals surface area contributed by atoms with Crippen LogP contribution in [0.25, 0.3) is 0 Å². The fraction of sp³-hybridized carbons (Fsp3) is 0.381. The van der Waals surface area contributed by atoms with Crippen molar-refractivity contribution < 1.29 is 9.90 Å². The average Bonchev–Trinajstić information content (AvgIpc) is 2.44. The van der Waals surface area contributed by atoms with Crippen LogP contribution in [-0.2, 0) is 10.8 Å². The van der Waals surface area contributed by atoms with Crippen LogP contribution >= 0.6 is 0 Å². The van der Waals surface area contributed by atoms with Crippen LogP contribution in [-0.4, -0.2) is 10.9 Å². The fourth-order valence-corrected chi connectivity index (χ4v) is 2.62. The number of phenols is 1. The Kier molecular flexibility index (Phi) is 4.39. The molecule has 0 heterocycles. The fourth-order valence-electron chi connectivity index (χ4n) is 2.62. The second kappa shape index (κ2) is 5.84. The standard InChI is InChI=1S/C21H26O2/c1-20(2,3)15-12-16(21(4,5)6)18(17(22)13-15)19(23)14-10-8-7-9-11-14/h7-13,22H,1-6H3. The molecule has 0 amide bonds. The minimum Gasteiger partial charge on any atom is -0.507 e. The first-order chi connectivity index (χ1) is 10.5. The molecule has 23 heavy (non-hydrogen) atoms. The molecule has 0 aliphatic carbocycles. The highest BCUT2D eigenvalue weighted by Gasteiger charge is 2.28. The van der Waals surface area contributed by atoms with Crippen LogP contribution in [0, 0.1) is 0 Å². The van der Waals surface area contributed by atoms with Gasteiger partial charge in [-0.2, -0.15) is 0 Å². The van der Waals surface area contributed by atoms with E-state index in [-0.39, 0.29) is 22.4 Å². The first-order valence-electron chi connectivity index (χ1n) is 7.99. The van der Waals surface area contributed by atoms with Gasteiger partial charge in [-0.1, -0.05) is 77.9 Å². The van der Waals surface area contributed by atoms with Crippen LogP contribution < -0.4 is 0 Å². The summed E-state index contributed by atoms with van der Waals surface area (Å²) in [6, 6.07) is 12.9. The molecule has 0 radical (unpaired) electrons. The van der Waals surface area contributed by atoms with Crippen LogP contribution in [0.2, 0.25) is 0 Å². The molecule has 0 fully saturated rings. The molecule has 122 valence electrons. The van der Waals surface area contributed by atoms with E-state index >= 15 is 0 Å². The highest BCUT2D eigenvalue weighted by atomic mass is 16.3. The van der Waals surface area contributed by atoms with Gasteiger partial charge >= 0.3 is 0 Å². The first kappa shape index (κ1) is 17.3. The van der Waals surface area contributed by atoms with Crippen LogP contribution in [0.1, 0.15) is 68.6 Å². The van der Waals surface area contributed by atoms with Crippen LogP contribution in [0.3, 0.4) is 0 Å². The molecule has 0 aliphatic heterocycles. The zero-order valence-corrected chi connectivity index (χ0v) is 14.9. The van der Waals surface area contributed by atoms with Gasteiger partial charge in [0.25, 0.3) is 0 Å². The van der Waals surface area contributed by atoms with Gasteiger partial charge in [-0.3, -0.25) is 4.79 Å². The Morgan fingerprint density at radius 1 is 0.870 bits per heavy atom. The lowest BCUT2D eigenvalue weighted by Gasteiger charge is -2.28. The van der Waals surface area contributed by atoms with Gasteiger partial charge in [0, 0.05) is 5.56 Å². The SMILES string of the molecule is CC(C)(C)c1cc(O)c(C(=O)c2ccccc2)c(C(C)(C)C)c1. The second-order valence-corrected chi connectivity index (χ2v) is 8.11. The molecule has 0 aliphatic rings. The van der Waals surface area contributed by atoms with Crippen molar-refractivity contribution in [2.45, 2.75) is 52.4 Å². The van der Waals surface area contributed by atoms with E-state index in [1.54, 1.807) is 18.2 Å². The highest BCUT2D eigenvalue weighted by molar-refractivity contribution is 6.11. The number of carbonyl (C=O) groups is 1. The van der Waals surface area contributed by atoms with Gasteiger partial charge in [0.05, 0.1) is 5.56 Å². The van der Waals surface area contributed by atoms with Gasteiger partial charge < -0.3 is 5.11 Å². The van der Waals surface area contributed by atoms with Crippen molar-refractivity contribution >= 4 is 5.78 Å². The van der Waals surface area contributed by atoms with Gasteiger partial charge in [-0.05, 0) is 28.0 Å². The van der Waals surface area contributed by atoms with Crippen molar-refractivity contribution in [2.24, 2.45) is 0 Å². The van der Waals surface area contributed by atoms with Gasteiger partial charge in [0.15, 0.2) is 5.78 Å². The lowest BCUT2D eigenvalue weighted by Crippen LogP contribution is -2.21. The molecule has 2 heteroatoms. The smallest absolute Gasteiger partial charge is 0.197 e. The Morgan fingerprint density at radius 3 is 1.91 bits per heavy atom. The van der Waals surface area contributed by atoms with Gasteiger partial charge in [0.1, 0.15) is 5.75 Å². The van der Waals surface area contributed by atoms with Gasteiger partial charge in [-0.25, -0.2) is 0 Å². The van der Waals surface area contributed by atoms with Gasteiger partial charge in [0.2, 0.25) is 0 Å². The quantitative estimate of drug-likeness (QED) is 0.772. The first-order valence-corrected chi connectivity index (χ1v) is 7.99. The number of aromatic hydroxyl groups is 1. The molecule has 2 nitrogen and oxygen atoms in total. The van der Waals surface area contributed by atoms with E-state index < -0.39 is 0 Å². The summed E-state index contributed by atoms with van der Waals surface area (Å²) in [6.07, 6.45) is 0. The third-order valence-corrected chi connectivity index (χ3v) is 4.05. The Morgan fingerprint density at radius 2 is 1.43 bits per heavy atom. The van der Waals surface area contributed by atoms with Crippen molar-refractivity contribution in [3.8, 4) is 5.75 Å². The molecule has 2 rings (SSSR count). The lowest BCUT2D eigenvalue weighted by molar-refractivity contribution is 0.103. The summed E-state index contributed by atoms with van der Waals surface area (Å²) in [5.74, 6) is -0.0651. The molecule has 0 bridgehead atoms. The third kappa shape index (κ3) is 3.64. The zero-order chi connectivity index (χ0) is 17.4. The molecule has 1 N–H and O–H groups in total. The molecule has 2 aromatic carbocycles. The monoisotopic (exact) mass is 310 g/mol. The predicted molar refractivity (Wildman–Crippen MR) is 95.4 cm³/mol. The Bertz CT molecular complexity index is 714. The molecule has 0 saturated carbocycles. The number of benzene rings is 2. The summed E-state index contributed by atoms with van der Waals surface area (Å²) in [5.41, 5.74) is 2.60. The molecule has 0 saturated heterocycles. The highest BCUT2D eigenvalue weighted by Crippen LogP contribution is 2.37. The summed E-state index contributed by atoms with van der Waals surface area (Å²) in [4.78, 5) is 12.9. The van der Waals surface area contributed by atoms with Crippen molar-refractivity contribution in [3.63, 3.8) is 0 Å². The number of carbonyl (C=O) groups excluding carboxylic acids is 1. The summed E-state index contributed by atoms with van der Waals surface area (Å²) in [5, 5.41) is 10.6. The van der Waals surface area contributed by atoms with E-state index in [0.29, 0.717) is 11.1 Å². The van der Waals surface area contributed by atoms with E-state index in [2.05, 4.69) is 47.6 Å². The normalized spacial score (nSPS) is 12.3. The number of ketones is 1. The summed E-state index contributed by atoms with van der Waals surface area (Å²) < 4.78 is 0. The number of hydrogen-bond donors (Lipinski definition) is 1. The minimum absolute atomic E-state index is 0.0659. The summed E-state index contributed by atoms with van der Waals surface area (Å²) in [6.45, 7) is 12.5. The Balaban J connectivity index is 2.71. The zero-order valence-electron chi connectivity index (χ0n) is 14.9. The summed E-state index contributed by atoms with van der Waals surface area (Å²) in [7, 11) is 0. The third-order valence-electron chi connectivity index (χ3n) is 4.05. The van der Waals surface area contributed by atoms with E-state index in [4.69, 9.17) is 0 Å². The van der Waals surface area contributed by atoms with E-state index in [1.165, 1.54) is 0 Å². The molecule has 2 aromatic rings. The largest absolute Gasteiger partial charge is 0.507 e. The molecular formula is C21H26O2. The van der Waals surface area contributed by atoms with Crippen molar-refractivity contribution in [2.75, 3.05) is 0 Å². The number of phenolic OH excluding ortho intramolecular Hbond substituents is 1. The topological polar surface area (TPSA) is 37.3 Å². The molecule has 0 atom stereocenters. The van der Waals surface area contributed by atoms with E-state index in [1.807, 2.05) is 18.2 Å². The Labute approximate surface area is 139 Å². The number of rotatable bonds is 2. The van der Waals surface area contributed by atoms with Crippen LogP contribution in [0.5, 0.6) is 5.75 Å². The molecule has 0 unspecified atom stereocenters. The van der Waals surface area contributed by atoms with Crippen molar-refractivity contribution in [1.29, 1.82) is 0 Å².